The van der Waals surface area contributed by atoms with Crippen molar-refractivity contribution in [3.05, 3.63) is 22.3 Å². The number of nitrogens with zero attached hydrogens (tertiary/aromatic N) is 1. The molecular formula is C13H19Cl4N3O2. The minimum Gasteiger partial charge on any atom is -0.475 e. The fourth-order valence-electron chi connectivity index (χ4n) is 1.62. The Kier molecular flexibility index (Phi) is 10.9. The Labute approximate surface area is 152 Å². The van der Waals surface area contributed by atoms with E-state index in [1.54, 1.807) is 6.07 Å². The zero-order chi connectivity index (χ0) is 14.4. The first kappa shape index (κ1) is 21.5. The van der Waals surface area contributed by atoms with Gasteiger partial charge in [-0.05, 0) is 31.4 Å². The number of pyridine rings is 1. The van der Waals surface area contributed by atoms with Crippen molar-refractivity contribution in [2.75, 3.05) is 26.2 Å². The molecule has 1 aromatic rings. The Morgan fingerprint density at radius 3 is 2.73 bits per heavy atom. The van der Waals surface area contributed by atoms with Gasteiger partial charge in [0.25, 0.3) is 0 Å². The fourth-order valence-corrected chi connectivity index (χ4v) is 2.06. The minimum absolute atomic E-state index is 0. The molecule has 1 amide bonds. The third-order valence-corrected chi connectivity index (χ3v) is 3.33. The summed E-state index contributed by atoms with van der Waals surface area (Å²) in [6.07, 6.45) is 4.01. The molecule has 1 heterocycles. The molecule has 2 N–H and O–H groups in total. The quantitative estimate of drug-likeness (QED) is 0.670. The summed E-state index contributed by atoms with van der Waals surface area (Å²) in [7, 11) is 0. The van der Waals surface area contributed by atoms with E-state index >= 15 is 0 Å². The molecule has 1 aliphatic rings. The number of amides is 1. The topological polar surface area (TPSA) is 63.2 Å². The average molecular weight is 391 g/mol. The summed E-state index contributed by atoms with van der Waals surface area (Å²) in [6, 6.07) is 1.56. The van der Waals surface area contributed by atoms with Gasteiger partial charge in [-0.1, -0.05) is 23.2 Å². The Morgan fingerprint density at radius 1 is 1.36 bits per heavy atom. The Balaban J connectivity index is 0.00000220. The highest BCUT2D eigenvalue weighted by Gasteiger charge is 2.20. The lowest BCUT2D eigenvalue weighted by atomic mass is 10.4. The monoisotopic (exact) mass is 389 g/mol. The van der Waals surface area contributed by atoms with Crippen LogP contribution < -0.4 is 15.4 Å². The van der Waals surface area contributed by atoms with Crippen LogP contribution in [0.15, 0.2) is 12.3 Å². The summed E-state index contributed by atoms with van der Waals surface area (Å²) in [6.45, 7) is 1.98. The minimum atomic E-state index is -0.0376. The molecule has 0 saturated heterocycles. The molecule has 5 nitrogen and oxygen atoms in total. The van der Waals surface area contributed by atoms with Crippen molar-refractivity contribution in [3.8, 4) is 5.88 Å². The van der Waals surface area contributed by atoms with E-state index in [4.69, 9.17) is 27.9 Å². The maximum Gasteiger partial charge on any atom is 0.234 e. The average Bonchev–Trinajstić information content (AvgIpc) is 3.21. The Hall–Kier alpha value is -0.460. The van der Waals surface area contributed by atoms with Gasteiger partial charge in [0, 0.05) is 6.20 Å². The molecule has 1 saturated carbocycles. The summed E-state index contributed by atoms with van der Waals surface area (Å²) >= 11 is 11.6. The largest absolute Gasteiger partial charge is 0.475 e. The summed E-state index contributed by atoms with van der Waals surface area (Å²) in [5.41, 5.74) is 0. The van der Waals surface area contributed by atoms with Crippen LogP contribution in [0.5, 0.6) is 5.88 Å². The maximum atomic E-state index is 11.5. The molecule has 0 radical (unpaired) electrons. The number of hydrogen-bond donors (Lipinski definition) is 2. The number of nitrogens with one attached hydrogen (secondary N) is 2. The molecule has 0 aliphatic heterocycles. The van der Waals surface area contributed by atoms with E-state index in [1.165, 1.54) is 19.0 Å². The molecule has 0 spiro atoms. The lowest BCUT2D eigenvalue weighted by molar-refractivity contribution is -0.120. The van der Waals surface area contributed by atoms with Gasteiger partial charge in [0.2, 0.25) is 11.8 Å². The van der Waals surface area contributed by atoms with Gasteiger partial charge in [0.15, 0.2) is 0 Å². The normalized spacial score (nSPS) is 12.8. The van der Waals surface area contributed by atoms with Crippen molar-refractivity contribution >= 4 is 53.9 Å². The van der Waals surface area contributed by atoms with Crippen molar-refractivity contribution < 1.29 is 9.53 Å². The number of aromatic nitrogens is 1. The van der Waals surface area contributed by atoms with Gasteiger partial charge in [-0.25, -0.2) is 4.98 Å². The standard InChI is InChI=1S/C13H17Cl2N3O2.2ClH/c14-10-5-11(15)13(18-7-10)20-4-3-17-12(19)8-16-6-9-1-2-9;;/h5,7,9,16H,1-4,6,8H2,(H,17,19);2*1H. The maximum absolute atomic E-state index is 11.5. The number of rotatable bonds is 8. The van der Waals surface area contributed by atoms with Crippen LogP contribution in [-0.4, -0.2) is 37.1 Å². The number of carbonyl (C=O) groups is 1. The third kappa shape index (κ3) is 8.25. The number of ether oxygens (including phenoxy) is 1. The first-order chi connectivity index (χ1) is 9.65. The van der Waals surface area contributed by atoms with Crippen LogP contribution in [0.4, 0.5) is 0 Å². The first-order valence-corrected chi connectivity index (χ1v) is 7.32. The summed E-state index contributed by atoms with van der Waals surface area (Å²) in [4.78, 5) is 15.4. The summed E-state index contributed by atoms with van der Waals surface area (Å²) in [5.74, 6) is 1.05. The number of carbonyl (C=O) groups excluding carboxylic acids is 1. The van der Waals surface area contributed by atoms with Crippen molar-refractivity contribution in [2.45, 2.75) is 12.8 Å². The second kappa shape index (κ2) is 11.1. The van der Waals surface area contributed by atoms with Crippen LogP contribution in [0.3, 0.4) is 0 Å². The van der Waals surface area contributed by atoms with E-state index < -0.39 is 0 Å². The molecule has 22 heavy (non-hydrogen) atoms. The van der Waals surface area contributed by atoms with Crippen molar-refractivity contribution in [3.63, 3.8) is 0 Å². The van der Waals surface area contributed by atoms with Gasteiger partial charge in [0.1, 0.15) is 11.6 Å². The van der Waals surface area contributed by atoms with Gasteiger partial charge >= 0.3 is 0 Å². The molecule has 0 aromatic carbocycles. The van der Waals surface area contributed by atoms with Crippen LogP contribution in [0.1, 0.15) is 12.8 Å². The van der Waals surface area contributed by atoms with Gasteiger partial charge in [-0.2, -0.15) is 0 Å². The number of hydrogen-bond acceptors (Lipinski definition) is 4. The molecule has 2 rings (SSSR count). The van der Waals surface area contributed by atoms with E-state index in [1.807, 2.05) is 0 Å². The highest BCUT2D eigenvalue weighted by molar-refractivity contribution is 6.35. The van der Waals surface area contributed by atoms with Crippen molar-refractivity contribution in [1.82, 2.24) is 15.6 Å². The van der Waals surface area contributed by atoms with Crippen LogP contribution in [0, 0.1) is 5.92 Å². The van der Waals surface area contributed by atoms with E-state index in [-0.39, 0.29) is 30.7 Å². The SMILES string of the molecule is Cl.Cl.O=C(CNCC1CC1)NCCOc1ncc(Cl)cc1Cl. The second-order valence-electron chi connectivity index (χ2n) is 4.71. The van der Waals surface area contributed by atoms with Crippen LogP contribution in [0.2, 0.25) is 10.0 Å². The lowest BCUT2D eigenvalue weighted by Gasteiger charge is -2.08. The van der Waals surface area contributed by atoms with Gasteiger partial charge in [-0.3, -0.25) is 4.79 Å². The van der Waals surface area contributed by atoms with E-state index in [2.05, 4.69) is 15.6 Å². The van der Waals surface area contributed by atoms with E-state index in [9.17, 15) is 4.79 Å². The molecule has 1 aromatic heterocycles. The number of halogens is 4. The van der Waals surface area contributed by atoms with Gasteiger partial charge in [-0.15, -0.1) is 24.8 Å². The smallest absolute Gasteiger partial charge is 0.234 e. The Morgan fingerprint density at radius 2 is 2.09 bits per heavy atom. The predicted octanol–water partition coefficient (Wildman–Crippen LogP) is 2.73. The predicted molar refractivity (Wildman–Crippen MR) is 92.9 cm³/mol. The third-order valence-electron chi connectivity index (χ3n) is 2.85. The zero-order valence-corrected chi connectivity index (χ0v) is 15.0. The van der Waals surface area contributed by atoms with Crippen molar-refractivity contribution in [1.29, 1.82) is 0 Å². The lowest BCUT2D eigenvalue weighted by Crippen LogP contribution is -2.36. The van der Waals surface area contributed by atoms with Crippen LogP contribution in [0.25, 0.3) is 0 Å². The molecule has 126 valence electrons. The highest BCUT2D eigenvalue weighted by atomic mass is 35.5. The van der Waals surface area contributed by atoms with Gasteiger partial charge in [0.05, 0.1) is 18.1 Å². The summed E-state index contributed by atoms with van der Waals surface area (Å²) in [5, 5.41) is 6.69. The van der Waals surface area contributed by atoms with E-state index in [0.717, 1.165) is 12.5 Å². The Bertz CT molecular complexity index is 473. The molecule has 1 aliphatic carbocycles. The fraction of sp³-hybridized carbons (Fsp3) is 0.538. The molecule has 0 bridgehead atoms. The molecular weight excluding hydrogens is 372 g/mol. The molecule has 1 fully saturated rings. The molecule has 0 atom stereocenters. The first-order valence-electron chi connectivity index (χ1n) is 6.56. The van der Waals surface area contributed by atoms with Gasteiger partial charge < -0.3 is 15.4 Å². The van der Waals surface area contributed by atoms with Crippen molar-refractivity contribution in [2.24, 2.45) is 5.92 Å². The van der Waals surface area contributed by atoms with E-state index in [0.29, 0.717) is 35.6 Å². The zero-order valence-electron chi connectivity index (χ0n) is 11.8. The molecule has 9 heteroatoms. The summed E-state index contributed by atoms with van der Waals surface area (Å²) < 4.78 is 5.36. The van der Waals surface area contributed by atoms with Crippen LogP contribution in [-0.2, 0) is 4.79 Å². The van der Waals surface area contributed by atoms with Crippen LogP contribution >= 0.6 is 48.0 Å². The second-order valence-corrected chi connectivity index (χ2v) is 5.56. The highest BCUT2D eigenvalue weighted by Crippen LogP contribution is 2.27. The molecule has 0 unspecified atom stereocenters.